The molecule has 1 N–H and O–H groups in total. The highest BCUT2D eigenvalue weighted by atomic mass is 16.5. The summed E-state index contributed by atoms with van der Waals surface area (Å²) < 4.78 is 10.7. The fourth-order valence-electron chi connectivity index (χ4n) is 1.52. The molecule has 0 radical (unpaired) electrons. The lowest BCUT2D eigenvalue weighted by Gasteiger charge is -2.08. The first-order chi connectivity index (χ1) is 8.26. The van der Waals surface area contributed by atoms with E-state index >= 15 is 0 Å². The van der Waals surface area contributed by atoms with Crippen molar-refractivity contribution < 1.29 is 9.47 Å². The standard InChI is InChI=1S/C14H21NO2/c1-3-12-7-5-8-13(11-12)17-10-6-9-14(15)16-4-2/h5,7-8,11,15H,3-4,6,9-10H2,1-2H3. The Labute approximate surface area is 103 Å². The van der Waals surface area contributed by atoms with Crippen LogP contribution in [-0.2, 0) is 11.2 Å². The number of ether oxygens (including phenoxy) is 2. The zero-order chi connectivity index (χ0) is 12.5. The molecule has 0 aliphatic carbocycles. The minimum Gasteiger partial charge on any atom is -0.494 e. The molecule has 0 heterocycles. The molecule has 0 fully saturated rings. The third kappa shape index (κ3) is 5.38. The molecule has 0 saturated heterocycles. The van der Waals surface area contributed by atoms with Gasteiger partial charge in [0.2, 0.25) is 0 Å². The lowest BCUT2D eigenvalue weighted by molar-refractivity contribution is 0.289. The summed E-state index contributed by atoms with van der Waals surface area (Å²) in [7, 11) is 0. The van der Waals surface area contributed by atoms with Crippen LogP contribution < -0.4 is 4.74 Å². The van der Waals surface area contributed by atoms with Gasteiger partial charge in [-0.15, -0.1) is 0 Å². The summed E-state index contributed by atoms with van der Waals surface area (Å²) in [6, 6.07) is 8.13. The van der Waals surface area contributed by atoms with Crippen molar-refractivity contribution in [2.24, 2.45) is 0 Å². The van der Waals surface area contributed by atoms with Crippen molar-refractivity contribution in [3.63, 3.8) is 0 Å². The smallest absolute Gasteiger partial charge is 0.180 e. The van der Waals surface area contributed by atoms with Crippen LogP contribution in [-0.4, -0.2) is 19.1 Å². The van der Waals surface area contributed by atoms with Crippen molar-refractivity contribution in [2.45, 2.75) is 33.1 Å². The maximum Gasteiger partial charge on any atom is 0.180 e. The first kappa shape index (κ1) is 13.6. The van der Waals surface area contributed by atoms with E-state index in [4.69, 9.17) is 14.9 Å². The SMILES string of the molecule is CCOC(=N)CCCOc1cccc(CC)c1. The van der Waals surface area contributed by atoms with Crippen LogP contribution in [0.1, 0.15) is 32.3 Å². The van der Waals surface area contributed by atoms with Crippen molar-refractivity contribution in [1.29, 1.82) is 5.41 Å². The second-order valence-corrected chi connectivity index (χ2v) is 3.81. The van der Waals surface area contributed by atoms with E-state index in [-0.39, 0.29) is 0 Å². The fourth-order valence-corrected chi connectivity index (χ4v) is 1.52. The monoisotopic (exact) mass is 235 g/mol. The van der Waals surface area contributed by atoms with Crippen molar-refractivity contribution >= 4 is 5.90 Å². The molecule has 0 aliphatic heterocycles. The Bertz CT molecular complexity index is 350. The highest BCUT2D eigenvalue weighted by Gasteiger charge is 1.98. The molecule has 1 aromatic carbocycles. The van der Waals surface area contributed by atoms with E-state index in [1.807, 2.05) is 19.1 Å². The van der Waals surface area contributed by atoms with Crippen LogP contribution in [0.3, 0.4) is 0 Å². The summed E-state index contributed by atoms with van der Waals surface area (Å²) in [5.41, 5.74) is 1.28. The average molecular weight is 235 g/mol. The molecule has 0 amide bonds. The summed E-state index contributed by atoms with van der Waals surface area (Å²) in [5, 5.41) is 7.46. The van der Waals surface area contributed by atoms with Crippen LogP contribution in [0, 0.1) is 5.41 Å². The highest BCUT2D eigenvalue weighted by molar-refractivity contribution is 5.72. The van der Waals surface area contributed by atoms with Gasteiger partial charge in [-0.1, -0.05) is 19.1 Å². The molecule has 3 nitrogen and oxygen atoms in total. The summed E-state index contributed by atoms with van der Waals surface area (Å²) in [6.07, 6.45) is 2.47. The van der Waals surface area contributed by atoms with E-state index in [0.717, 1.165) is 18.6 Å². The van der Waals surface area contributed by atoms with E-state index in [0.29, 0.717) is 25.5 Å². The van der Waals surface area contributed by atoms with Crippen LogP contribution in [0.5, 0.6) is 5.75 Å². The third-order valence-corrected chi connectivity index (χ3v) is 2.44. The topological polar surface area (TPSA) is 42.3 Å². The Morgan fingerprint density at radius 2 is 2.12 bits per heavy atom. The minimum absolute atomic E-state index is 0.346. The van der Waals surface area contributed by atoms with Gasteiger partial charge >= 0.3 is 0 Å². The minimum atomic E-state index is 0.346. The molecule has 0 atom stereocenters. The number of aryl methyl sites for hydroxylation is 1. The number of nitrogens with one attached hydrogen (secondary N) is 1. The van der Waals surface area contributed by atoms with Crippen molar-refractivity contribution in [3.05, 3.63) is 29.8 Å². The Balaban J connectivity index is 2.24. The van der Waals surface area contributed by atoms with Gasteiger partial charge in [0.1, 0.15) is 5.75 Å². The largest absolute Gasteiger partial charge is 0.494 e. The van der Waals surface area contributed by atoms with Crippen LogP contribution in [0.2, 0.25) is 0 Å². The maximum atomic E-state index is 7.46. The fraction of sp³-hybridized carbons (Fsp3) is 0.500. The molecule has 0 bridgehead atoms. The van der Waals surface area contributed by atoms with Gasteiger partial charge in [-0.3, -0.25) is 5.41 Å². The quantitative estimate of drug-likeness (QED) is 0.447. The van der Waals surface area contributed by atoms with Gasteiger partial charge in [-0.2, -0.15) is 0 Å². The zero-order valence-corrected chi connectivity index (χ0v) is 10.7. The van der Waals surface area contributed by atoms with E-state index < -0.39 is 0 Å². The number of hydrogen-bond donors (Lipinski definition) is 1. The summed E-state index contributed by atoms with van der Waals surface area (Å²) in [5.74, 6) is 1.26. The molecule has 1 aromatic rings. The van der Waals surface area contributed by atoms with E-state index in [1.165, 1.54) is 5.56 Å². The lowest BCUT2D eigenvalue weighted by atomic mass is 10.2. The Morgan fingerprint density at radius 1 is 1.29 bits per heavy atom. The summed E-state index contributed by atoms with van der Waals surface area (Å²) in [4.78, 5) is 0. The average Bonchev–Trinajstić information content (AvgIpc) is 2.35. The number of benzene rings is 1. The molecular formula is C14H21NO2. The molecule has 17 heavy (non-hydrogen) atoms. The number of hydrogen-bond acceptors (Lipinski definition) is 3. The molecule has 1 rings (SSSR count). The molecule has 0 aromatic heterocycles. The Morgan fingerprint density at radius 3 is 2.82 bits per heavy atom. The van der Waals surface area contributed by atoms with Gasteiger partial charge in [0, 0.05) is 6.42 Å². The van der Waals surface area contributed by atoms with E-state index in [1.54, 1.807) is 0 Å². The predicted molar refractivity (Wildman–Crippen MR) is 69.9 cm³/mol. The highest BCUT2D eigenvalue weighted by Crippen LogP contribution is 2.14. The molecule has 3 heteroatoms. The van der Waals surface area contributed by atoms with Crippen molar-refractivity contribution in [1.82, 2.24) is 0 Å². The van der Waals surface area contributed by atoms with Gasteiger partial charge < -0.3 is 9.47 Å². The molecular weight excluding hydrogens is 214 g/mol. The molecule has 94 valence electrons. The second kappa shape index (κ2) is 7.71. The molecule has 0 spiro atoms. The van der Waals surface area contributed by atoms with Gasteiger partial charge in [0.15, 0.2) is 5.90 Å². The van der Waals surface area contributed by atoms with Gasteiger partial charge in [0.25, 0.3) is 0 Å². The normalized spacial score (nSPS) is 10.0. The van der Waals surface area contributed by atoms with Crippen LogP contribution >= 0.6 is 0 Å². The zero-order valence-electron chi connectivity index (χ0n) is 10.7. The summed E-state index contributed by atoms with van der Waals surface area (Å²) in [6.45, 7) is 5.21. The number of rotatable bonds is 7. The van der Waals surface area contributed by atoms with Gasteiger partial charge in [0.05, 0.1) is 13.2 Å². The van der Waals surface area contributed by atoms with Crippen LogP contribution in [0.25, 0.3) is 0 Å². The molecule has 0 saturated carbocycles. The van der Waals surface area contributed by atoms with Crippen molar-refractivity contribution in [3.8, 4) is 5.75 Å². The van der Waals surface area contributed by atoms with Crippen LogP contribution in [0.15, 0.2) is 24.3 Å². The first-order valence-electron chi connectivity index (χ1n) is 6.18. The molecule has 0 unspecified atom stereocenters. The second-order valence-electron chi connectivity index (χ2n) is 3.81. The first-order valence-corrected chi connectivity index (χ1v) is 6.18. The third-order valence-electron chi connectivity index (χ3n) is 2.44. The van der Waals surface area contributed by atoms with E-state index in [9.17, 15) is 0 Å². The predicted octanol–water partition coefficient (Wildman–Crippen LogP) is 3.42. The van der Waals surface area contributed by atoms with Gasteiger partial charge in [-0.05, 0) is 37.5 Å². The summed E-state index contributed by atoms with van der Waals surface area (Å²) >= 11 is 0. The maximum absolute atomic E-state index is 7.46. The Hall–Kier alpha value is -1.51. The van der Waals surface area contributed by atoms with Crippen molar-refractivity contribution in [2.75, 3.05) is 13.2 Å². The van der Waals surface area contributed by atoms with Crippen LogP contribution in [0.4, 0.5) is 0 Å². The lowest BCUT2D eigenvalue weighted by Crippen LogP contribution is -2.06. The molecule has 0 aliphatic rings. The Kier molecular flexibility index (Phi) is 6.15. The van der Waals surface area contributed by atoms with Gasteiger partial charge in [-0.25, -0.2) is 0 Å². The van der Waals surface area contributed by atoms with E-state index in [2.05, 4.69) is 19.1 Å².